The molecule has 0 spiro atoms. The second kappa shape index (κ2) is 9.53. The number of hydrogen-bond donors (Lipinski definition) is 1. The van der Waals surface area contributed by atoms with Gasteiger partial charge in [0.05, 0.1) is 29.8 Å². The first-order valence-electron chi connectivity index (χ1n) is 12.8. The summed E-state index contributed by atoms with van der Waals surface area (Å²) in [5.41, 5.74) is 4.81. The third-order valence-corrected chi connectivity index (χ3v) is 7.31. The van der Waals surface area contributed by atoms with E-state index in [1.54, 1.807) is 12.1 Å². The van der Waals surface area contributed by atoms with Crippen LogP contribution in [0.2, 0.25) is 0 Å². The Balaban J connectivity index is 1.43. The molecule has 1 aromatic heterocycles. The monoisotopic (exact) mass is 517 g/mol. The summed E-state index contributed by atoms with van der Waals surface area (Å²) in [5, 5.41) is 0. The van der Waals surface area contributed by atoms with E-state index in [0.717, 1.165) is 52.9 Å². The molecule has 3 heterocycles. The molecule has 38 heavy (non-hydrogen) atoms. The Labute approximate surface area is 219 Å². The van der Waals surface area contributed by atoms with Crippen molar-refractivity contribution in [2.24, 2.45) is 0 Å². The number of halogens is 2. The summed E-state index contributed by atoms with van der Waals surface area (Å²) >= 11 is 0. The number of nitrogens with zero attached hydrogens (tertiary/aromatic N) is 2. The van der Waals surface area contributed by atoms with Crippen LogP contribution in [0.3, 0.4) is 0 Å². The molecular formula is C30H29F2N3O3. The lowest BCUT2D eigenvalue weighted by Crippen LogP contribution is -2.48. The van der Waals surface area contributed by atoms with Gasteiger partial charge >= 0.3 is 5.69 Å². The number of benzene rings is 3. The van der Waals surface area contributed by atoms with Gasteiger partial charge in [-0.3, -0.25) is 9.47 Å². The summed E-state index contributed by atoms with van der Waals surface area (Å²) in [4.78, 5) is 18.5. The highest BCUT2D eigenvalue weighted by atomic mass is 19.1. The van der Waals surface area contributed by atoms with E-state index in [1.807, 2.05) is 28.8 Å². The van der Waals surface area contributed by atoms with E-state index in [2.05, 4.69) is 23.7 Å². The van der Waals surface area contributed by atoms with Gasteiger partial charge in [0.2, 0.25) is 0 Å². The normalized spacial score (nSPS) is 17.2. The Hall–Kier alpha value is -3.75. The van der Waals surface area contributed by atoms with Gasteiger partial charge in [0, 0.05) is 36.8 Å². The van der Waals surface area contributed by atoms with Gasteiger partial charge in [-0.05, 0) is 73.0 Å². The Kier molecular flexibility index (Phi) is 6.16. The van der Waals surface area contributed by atoms with E-state index in [-0.39, 0.29) is 18.1 Å². The second-order valence-electron chi connectivity index (χ2n) is 10.5. The number of nitrogens with one attached hydrogen (secondary N) is 1. The van der Waals surface area contributed by atoms with E-state index < -0.39 is 11.4 Å². The van der Waals surface area contributed by atoms with Crippen molar-refractivity contribution in [3.63, 3.8) is 0 Å². The number of ether oxygens (including phenoxy) is 2. The van der Waals surface area contributed by atoms with Crippen molar-refractivity contribution in [1.82, 2.24) is 14.5 Å². The van der Waals surface area contributed by atoms with Gasteiger partial charge in [-0.2, -0.15) is 0 Å². The molecule has 0 amide bonds. The fourth-order valence-corrected chi connectivity index (χ4v) is 5.60. The van der Waals surface area contributed by atoms with Gasteiger partial charge in [-0.1, -0.05) is 12.1 Å². The number of morpholine rings is 1. The Morgan fingerprint density at radius 1 is 0.974 bits per heavy atom. The fourth-order valence-electron chi connectivity index (χ4n) is 5.60. The smallest absolute Gasteiger partial charge is 0.327 e. The highest BCUT2D eigenvalue weighted by molar-refractivity contribution is 5.95. The van der Waals surface area contributed by atoms with Crippen molar-refractivity contribution in [3.05, 3.63) is 99.0 Å². The quantitative estimate of drug-likeness (QED) is 0.407. The van der Waals surface area contributed by atoms with Crippen molar-refractivity contribution in [3.8, 4) is 5.75 Å². The third-order valence-electron chi connectivity index (χ3n) is 7.31. The summed E-state index contributed by atoms with van der Waals surface area (Å²) in [7, 11) is 0. The minimum atomic E-state index is -0.433. The standard InChI is InChI=1S/C30H29F2N3O3/c1-30(2,18-34-9-11-37-12-10-34)35-27-8-3-19(14-26(27)33-29(35)36)13-25-23-6-4-21(31)15-20(23)17-38-28-16-22(32)5-7-24(25)28/h3-8,13-16H,9-12,17-18H2,1-2H3,(H,33,36). The van der Waals surface area contributed by atoms with Crippen LogP contribution in [0.15, 0.2) is 59.4 Å². The van der Waals surface area contributed by atoms with Crippen molar-refractivity contribution >= 4 is 22.7 Å². The van der Waals surface area contributed by atoms with Gasteiger partial charge in [-0.15, -0.1) is 0 Å². The topological polar surface area (TPSA) is 59.5 Å². The molecule has 1 N–H and O–H groups in total. The first-order chi connectivity index (χ1) is 18.3. The number of H-pyrrole nitrogens is 1. The van der Waals surface area contributed by atoms with Crippen LogP contribution in [0.25, 0.3) is 22.7 Å². The van der Waals surface area contributed by atoms with Crippen molar-refractivity contribution < 1.29 is 18.3 Å². The van der Waals surface area contributed by atoms with E-state index in [9.17, 15) is 13.6 Å². The highest BCUT2D eigenvalue weighted by Crippen LogP contribution is 2.39. The van der Waals surface area contributed by atoms with Crippen molar-refractivity contribution in [2.45, 2.75) is 26.0 Å². The number of rotatable bonds is 4. The molecule has 196 valence electrons. The number of hydrogen-bond acceptors (Lipinski definition) is 4. The lowest BCUT2D eigenvalue weighted by molar-refractivity contribution is 0.0229. The molecule has 0 unspecified atom stereocenters. The number of aromatic amines is 1. The summed E-state index contributed by atoms with van der Waals surface area (Å²) in [6.07, 6.45) is 1.97. The maximum absolute atomic E-state index is 14.1. The molecule has 0 radical (unpaired) electrons. The number of fused-ring (bicyclic) bond motifs is 3. The zero-order valence-electron chi connectivity index (χ0n) is 21.4. The minimum Gasteiger partial charge on any atom is -0.488 e. The van der Waals surface area contributed by atoms with Crippen LogP contribution < -0.4 is 10.4 Å². The van der Waals surface area contributed by atoms with Crippen LogP contribution in [0.4, 0.5) is 8.78 Å². The van der Waals surface area contributed by atoms with Crippen LogP contribution in [-0.4, -0.2) is 47.3 Å². The molecule has 3 aromatic carbocycles. The Morgan fingerprint density at radius 2 is 1.71 bits per heavy atom. The van der Waals surface area contributed by atoms with Crippen LogP contribution >= 0.6 is 0 Å². The first kappa shape index (κ1) is 24.6. The Morgan fingerprint density at radius 3 is 2.50 bits per heavy atom. The van der Waals surface area contributed by atoms with Gasteiger partial charge in [-0.25, -0.2) is 13.6 Å². The molecule has 6 rings (SSSR count). The predicted octanol–water partition coefficient (Wildman–Crippen LogP) is 5.16. The molecule has 0 bridgehead atoms. The number of imidazole rings is 1. The molecule has 6 nitrogen and oxygen atoms in total. The number of aromatic nitrogens is 2. The maximum Gasteiger partial charge on any atom is 0.327 e. The second-order valence-corrected chi connectivity index (χ2v) is 10.5. The van der Waals surface area contributed by atoms with Crippen LogP contribution in [0.1, 0.15) is 36.1 Å². The van der Waals surface area contributed by atoms with E-state index >= 15 is 0 Å². The molecule has 0 atom stereocenters. The van der Waals surface area contributed by atoms with E-state index in [4.69, 9.17) is 9.47 Å². The SMILES string of the molecule is CC(C)(CN1CCOCC1)n1c(=O)[nH]c2cc(C=C3c4ccc(F)cc4COc4cc(F)ccc43)ccc21. The van der Waals surface area contributed by atoms with Crippen LogP contribution in [0, 0.1) is 11.6 Å². The van der Waals surface area contributed by atoms with Gasteiger partial charge in [0.25, 0.3) is 0 Å². The highest BCUT2D eigenvalue weighted by Gasteiger charge is 2.28. The van der Waals surface area contributed by atoms with Crippen molar-refractivity contribution in [1.29, 1.82) is 0 Å². The summed E-state index contributed by atoms with van der Waals surface area (Å²) < 4.78 is 41.2. The van der Waals surface area contributed by atoms with Gasteiger partial charge < -0.3 is 14.5 Å². The molecule has 1 fully saturated rings. The first-order valence-corrected chi connectivity index (χ1v) is 12.8. The summed E-state index contributed by atoms with van der Waals surface area (Å²) in [6, 6.07) is 14.9. The molecular weight excluding hydrogens is 488 g/mol. The Bertz CT molecular complexity index is 1560. The fraction of sp³-hybridized carbons (Fsp3) is 0.300. The lowest BCUT2D eigenvalue weighted by atomic mass is 9.92. The lowest BCUT2D eigenvalue weighted by Gasteiger charge is -2.35. The van der Waals surface area contributed by atoms with Gasteiger partial charge in [0.1, 0.15) is 24.0 Å². The maximum atomic E-state index is 14.1. The zero-order valence-corrected chi connectivity index (χ0v) is 21.4. The molecule has 8 heteroatoms. The predicted molar refractivity (Wildman–Crippen MR) is 143 cm³/mol. The summed E-state index contributed by atoms with van der Waals surface area (Å²) in [6.45, 7) is 8.11. The van der Waals surface area contributed by atoms with Gasteiger partial charge in [0.15, 0.2) is 0 Å². The van der Waals surface area contributed by atoms with E-state index in [1.165, 1.54) is 24.3 Å². The minimum absolute atomic E-state index is 0.133. The van der Waals surface area contributed by atoms with Crippen LogP contribution in [-0.2, 0) is 16.9 Å². The third kappa shape index (κ3) is 4.54. The molecule has 2 aliphatic rings. The molecule has 4 aromatic rings. The largest absolute Gasteiger partial charge is 0.488 e. The summed E-state index contributed by atoms with van der Waals surface area (Å²) in [5.74, 6) is -0.359. The molecule has 0 aliphatic carbocycles. The van der Waals surface area contributed by atoms with Crippen LogP contribution in [0.5, 0.6) is 5.75 Å². The molecule has 0 saturated carbocycles. The average Bonchev–Trinajstić information content (AvgIpc) is 3.15. The average molecular weight is 518 g/mol. The zero-order chi connectivity index (χ0) is 26.4. The molecule has 2 aliphatic heterocycles. The van der Waals surface area contributed by atoms with E-state index in [0.29, 0.717) is 24.5 Å². The molecule has 1 saturated heterocycles. The van der Waals surface area contributed by atoms with Crippen molar-refractivity contribution in [2.75, 3.05) is 32.8 Å².